The highest BCUT2D eigenvalue weighted by molar-refractivity contribution is 7.89. The number of amides is 2. The maximum Gasteiger partial charge on any atom is 0.275 e. The predicted octanol–water partition coefficient (Wildman–Crippen LogP) is -1.51. The van der Waals surface area contributed by atoms with Gasteiger partial charge in [-0.15, -0.1) is 0 Å². The van der Waals surface area contributed by atoms with Gasteiger partial charge in [-0.1, -0.05) is 0 Å². The van der Waals surface area contributed by atoms with Crippen LogP contribution in [0.25, 0.3) is 0 Å². The van der Waals surface area contributed by atoms with E-state index in [4.69, 9.17) is 0 Å². The number of halogens is 2. The Morgan fingerprint density at radius 3 is 2.39 bits per heavy atom. The van der Waals surface area contributed by atoms with Gasteiger partial charge in [-0.2, -0.15) is 4.31 Å². The molecular weight excluding hydrogens is 394 g/mol. The number of hydrogen-bond donors (Lipinski definition) is 3. The molecule has 0 aliphatic carbocycles. The van der Waals surface area contributed by atoms with Crippen LogP contribution in [0.3, 0.4) is 0 Å². The predicted molar refractivity (Wildman–Crippen MR) is 97.0 cm³/mol. The summed E-state index contributed by atoms with van der Waals surface area (Å²) >= 11 is 0. The molecule has 0 unspecified atom stereocenters. The lowest BCUT2D eigenvalue weighted by atomic mass is 10.3. The van der Waals surface area contributed by atoms with Crippen LogP contribution in [0.2, 0.25) is 0 Å². The molecule has 0 atom stereocenters. The Bertz CT molecular complexity index is 824. The number of nitrogens with one attached hydrogen (secondary N) is 3. The monoisotopic (exact) mass is 419 g/mol. The van der Waals surface area contributed by atoms with Crippen LogP contribution in [0, 0.1) is 11.6 Å². The molecule has 1 aliphatic rings. The molecule has 3 N–H and O–H groups in total. The van der Waals surface area contributed by atoms with Crippen molar-refractivity contribution in [1.29, 1.82) is 0 Å². The quantitative estimate of drug-likeness (QED) is 0.501. The van der Waals surface area contributed by atoms with E-state index >= 15 is 0 Å². The van der Waals surface area contributed by atoms with Crippen molar-refractivity contribution in [2.75, 3.05) is 39.3 Å². The number of rotatable bonds is 7. The molecule has 1 aromatic rings. The van der Waals surface area contributed by atoms with Crippen LogP contribution in [0.4, 0.5) is 8.78 Å². The van der Waals surface area contributed by atoms with Gasteiger partial charge in [0.15, 0.2) is 6.54 Å². The van der Waals surface area contributed by atoms with Crippen LogP contribution in [0.1, 0.15) is 13.8 Å². The summed E-state index contributed by atoms with van der Waals surface area (Å²) in [4.78, 5) is 23.8. The normalized spacial score (nSPS) is 16.2. The SMILES string of the molecule is CC(C)NC(=O)CNC(=O)C[NH+]1CCN(S(=O)(=O)c2ccc(F)cc2F)CC1. The van der Waals surface area contributed by atoms with E-state index in [1.54, 1.807) is 0 Å². The maximum atomic E-state index is 13.8. The molecule has 0 radical (unpaired) electrons. The third-order valence-electron chi connectivity index (χ3n) is 4.25. The van der Waals surface area contributed by atoms with Crippen LogP contribution in [0.5, 0.6) is 0 Å². The lowest BCUT2D eigenvalue weighted by Crippen LogP contribution is -3.15. The maximum absolute atomic E-state index is 13.8. The highest BCUT2D eigenvalue weighted by Gasteiger charge is 2.33. The van der Waals surface area contributed by atoms with E-state index in [2.05, 4.69) is 10.6 Å². The van der Waals surface area contributed by atoms with E-state index in [9.17, 15) is 26.8 Å². The second-order valence-electron chi connectivity index (χ2n) is 6.90. The lowest BCUT2D eigenvalue weighted by molar-refractivity contribution is -0.895. The molecule has 156 valence electrons. The molecule has 28 heavy (non-hydrogen) atoms. The number of carbonyl (C=O) groups excluding carboxylic acids is 2. The van der Waals surface area contributed by atoms with Crippen molar-refractivity contribution in [2.45, 2.75) is 24.8 Å². The molecule has 0 bridgehead atoms. The van der Waals surface area contributed by atoms with Gasteiger partial charge in [0.1, 0.15) is 16.5 Å². The Hall–Kier alpha value is -2.11. The first-order valence-corrected chi connectivity index (χ1v) is 10.4. The number of sulfonamides is 1. The first-order chi connectivity index (χ1) is 13.1. The van der Waals surface area contributed by atoms with Gasteiger partial charge < -0.3 is 15.5 Å². The van der Waals surface area contributed by atoms with Crippen LogP contribution in [0.15, 0.2) is 23.1 Å². The van der Waals surface area contributed by atoms with Crippen LogP contribution in [-0.4, -0.2) is 69.8 Å². The van der Waals surface area contributed by atoms with Crippen molar-refractivity contribution in [3.05, 3.63) is 29.8 Å². The first kappa shape index (κ1) is 22.2. The molecule has 0 saturated carbocycles. The van der Waals surface area contributed by atoms with Crippen molar-refractivity contribution >= 4 is 21.8 Å². The Balaban J connectivity index is 1.85. The summed E-state index contributed by atoms with van der Waals surface area (Å²) in [6.45, 7) is 4.54. The van der Waals surface area contributed by atoms with Crippen molar-refractivity contribution in [3.63, 3.8) is 0 Å². The Kier molecular flexibility index (Phi) is 7.44. The topological polar surface area (TPSA) is 100 Å². The lowest BCUT2D eigenvalue weighted by Gasteiger charge is -2.31. The summed E-state index contributed by atoms with van der Waals surface area (Å²) in [6.07, 6.45) is 0. The second kappa shape index (κ2) is 9.39. The number of nitrogens with zero attached hydrogens (tertiary/aromatic N) is 1. The summed E-state index contributed by atoms with van der Waals surface area (Å²) in [5.41, 5.74) is 0. The van der Waals surface area contributed by atoms with Gasteiger partial charge in [-0.3, -0.25) is 9.59 Å². The average Bonchev–Trinajstić information content (AvgIpc) is 2.59. The van der Waals surface area contributed by atoms with E-state index in [0.29, 0.717) is 19.2 Å². The first-order valence-electron chi connectivity index (χ1n) is 8.94. The zero-order valence-corrected chi connectivity index (χ0v) is 16.6. The fraction of sp³-hybridized carbons (Fsp3) is 0.529. The molecule has 11 heteroatoms. The largest absolute Gasteiger partial charge is 0.352 e. The molecule has 1 saturated heterocycles. The molecule has 1 heterocycles. The number of benzene rings is 1. The van der Waals surface area contributed by atoms with E-state index in [0.717, 1.165) is 21.3 Å². The van der Waals surface area contributed by atoms with Crippen molar-refractivity contribution < 1.29 is 31.7 Å². The summed E-state index contributed by atoms with van der Waals surface area (Å²) in [5.74, 6) is -2.57. The molecule has 2 rings (SSSR count). The summed E-state index contributed by atoms with van der Waals surface area (Å²) in [5, 5.41) is 5.19. The molecule has 1 aromatic carbocycles. The Labute approximate surface area is 162 Å². The van der Waals surface area contributed by atoms with Gasteiger partial charge in [0.2, 0.25) is 15.9 Å². The van der Waals surface area contributed by atoms with Crippen LogP contribution < -0.4 is 15.5 Å². The van der Waals surface area contributed by atoms with Gasteiger partial charge in [0.25, 0.3) is 5.91 Å². The molecule has 0 aromatic heterocycles. The van der Waals surface area contributed by atoms with Crippen LogP contribution >= 0.6 is 0 Å². The van der Waals surface area contributed by atoms with E-state index in [1.807, 2.05) is 13.8 Å². The van der Waals surface area contributed by atoms with Crippen molar-refractivity contribution in [3.8, 4) is 0 Å². The summed E-state index contributed by atoms with van der Waals surface area (Å²) < 4.78 is 53.1. The van der Waals surface area contributed by atoms with E-state index in [-0.39, 0.29) is 44.0 Å². The number of piperazine rings is 1. The standard InChI is InChI=1S/C17H24F2N4O4S/c1-12(2)21-16(24)10-20-17(25)11-22-5-7-23(8-6-22)28(26,27)15-4-3-13(18)9-14(15)19/h3-4,9,12H,5-8,10-11H2,1-2H3,(H,20,25)(H,21,24)/p+1. The van der Waals surface area contributed by atoms with Gasteiger partial charge in [-0.25, -0.2) is 17.2 Å². The highest BCUT2D eigenvalue weighted by atomic mass is 32.2. The Morgan fingerprint density at radius 2 is 1.82 bits per heavy atom. The van der Waals surface area contributed by atoms with Gasteiger partial charge in [-0.05, 0) is 26.0 Å². The fourth-order valence-electron chi connectivity index (χ4n) is 2.88. The number of quaternary nitrogens is 1. The second-order valence-corrected chi connectivity index (χ2v) is 8.81. The average molecular weight is 419 g/mol. The third kappa shape index (κ3) is 5.94. The van der Waals surface area contributed by atoms with E-state index < -0.39 is 26.6 Å². The molecule has 1 fully saturated rings. The van der Waals surface area contributed by atoms with Gasteiger partial charge in [0.05, 0.1) is 32.7 Å². The minimum atomic E-state index is -4.07. The fourth-order valence-corrected chi connectivity index (χ4v) is 4.37. The molecule has 2 amide bonds. The molecular formula is C17H25F2N4O4S+. The summed E-state index contributed by atoms with van der Waals surface area (Å²) in [6, 6.07) is 2.33. The number of carbonyl (C=O) groups is 2. The van der Waals surface area contributed by atoms with Gasteiger partial charge >= 0.3 is 0 Å². The number of hydrogen-bond acceptors (Lipinski definition) is 4. The smallest absolute Gasteiger partial charge is 0.275 e. The van der Waals surface area contributed by atoms with Crippen LogP contribution in [-0.2, 0) is 19.6 Å². The molecule has 1 aliphatic heterocycles. The zero-order chi connectivity index (χ0) is 20.9. The summed E-state index contributed by atoms with van der Waals surface area (Å²) in [7, 11) is -4.07. The van der Waals surface area contributed by atoms with Gasteiger partial charge in [0, 0.05) is 12.1 Å². The van der Waals surface area contributed by atoms with E-state index in [1.165, 1.54) is 0 Å². The molecule has 8 nitrogen and oxygen atoms in total. The minimum absolute atomic E-state index is 0.0176. The molecule has 0 spiro atoms. The van der Waals surface area contributed by atoms with Crippen molar-refractivity contribution in [1.82, 2.24) is 14.9 Å². The van der Waals surface area contributed by atoms with Crippen molar-refractivity contribution in [2.24, 2.45) is 0 Å². The minimum Gasteiger partial charge on any atom is -0.352 e. The third-order valence-corrected chi connectivity index (χ3v) is 6.18. The zero-order valence-electron chi connectivity index (χ0n) is 15.8. The Morgan fingerprint density at radius 1 is 1.18 bits per heavy atom. The highest BCUT2D eigenvalue weighted by Crippen LogP contribution is 2.20.